The molecule has 0 saturated heterocycles. The van der Waals surface area contributed by atoms with Crippen molar-refractivity contribution in [1.82, 2.24) is 5.32 Å². The molecule has 1 saturated carbocycles. The van der Waals surface area contributed by atoms with E-state index in [0.29, 0.717) is 12.3 Å². The number of hydrogen-bond donors (Lipinski definition) is 2. The molecule has 2 N–H and O–H groups in total. The summed E-state index contributed by atoms with van der Waals surface area (Å²) in [6.07, 6.45) is 2.03. The molecule has 5 heteroatoms. The molecule has 1 aromatic rings. The third-order valence-corrected chi connectivity index (χ3v) is 4.62. The van der Waals surface area contributed by atoms with Crippen molar-refractivity contribution >= 4 is 29.3 Å². The lowest BCUT2D eigenvalue weighted by Gasteiger charge is -2.12. The molecule has 1 amide bonds. The average Bonchev–Trinajstić information content (AvgIpc) is 3.19. The Bertz CT molecular complexity index is 432. The van der Waals surface area contributed by atoms with Crippen LogP contribution in [0.4, 0.5) is 0 Å². The summed E-state index contributed by atoms with van der Waals surface area (Å²) in [7, 11) is 0. The smallest absolute Gasteiger partial charge is 0.230 e. The first-order valence-electron chi connectivity index (χ1n) is 6.33. The maximum Gasteiger partial charge on any atom is 0.230 e. The molecular weight excluding hydrogens is 282 g/mol. The second kappa shape index (κ2) is 6.64. The molecule has 0 atom stereocenters. The summed E-state index contributed by atoms with van der Waals surface area (Å²) in [4.78, 5) is 11.6. The summed E-state index contributed by atoms with van der Waals surface area (Å²) < 4.78 is 0. The zero-order valence-corrected chi connectivity index (χ0v) is 12.3. The lowest BCUT2D eigenvalue weighted by Crippen LogP contribution is -2.33. The number of amides is 1. The van der Waals surface area contributed by atoms with Gasteiger partial charge in [-0.3, -0.25) is 4.79 Å². The van der Waals surface area contributed by atoms with Gasteiger partial charge in [0.25, 0.3) is 0 Å². The van der Waals surface area contributed by atoms with Crippen LogP contribution in [0.15, 0.2) is 24.3 Å². The van der Waals surface area contributed by atoms with Crippen LogP contribution in [0, 0.1) is 5.41 Å². The van der Waals surface area contributed by atoms with Gasteiger partial charge in [-0.25, -0.2) is 0 Å². The molecule has 0 bridgehead atoms. The average molecular weight is 300 g/mol. The van der Waals surface area contributed by atoms with Gasteiger partial charge in [-0.05, 0) is 30.5 Å². The van der Waals surface area contributed by atoms with Gasteiger partial charge in [0.05, 0.1) is 12.4 Å². The molecule has 2 rings (SSSR count). The van der Waals surface area contributed by atoms with Gasteiger partial charge in [0.15, 0.2) is 0 Å². The van der Waals surface area contributed by atoms with Crippen molar-refractivity contribution in [2.75, 3.05) is 18.9 Å². The van der Waals surface area contributed by atoms with Crippen molar-refractivity contribution in [2.24, 2.45) is 5.41 Å². The molecule has 1 aliphatic carbocycles. The number of aliphatic hydroxyl groups is 1. The van der Waals surface area contributed by atoms with Crippen molar-refractivity contribution < 1.29 is 9.90 Å². The monoisotopic (exact) mass is 299 g/mol. The van der Waals surface area contributed by atoms with Crippen LogP contribution < -0.4 is 5.32 Å². The van der Waals surface area contributed by atoms with Gasteiger partial charge in [0, 0.05) is 22.7 Å². The molecular formula is C14H18ClNO2S. The Balaban J connectivity index is 1.62. The van der Waals surface area contributed by atoms with E-state index in [1.165, 1.54) is 0 Å². The number of carbonyl (C=O) groups excluding carboxylic acids is 1. The molecule has 19 heavy (non-hydrogen) atoms. The molecule has 0 heterocycles. The Morgan fingerprint density at radius 2 is 2.05 bits per heavy atom. The zero-order valence-electron chi connectivity index (χ0n) is 10.7. The minimum atomic E-state index is -0.0174. The molecule has 0 aromatic heterocycles. The highest BCUT2D eigenvalue weighted by Crippen LogP contribution is 2.44. The summed E-state index contributed by atoms with van der Waals surface area (Å²) in [6.45, 7) is 0.773. The number of thioether (sulfide) groups is 1. The largest absolute Gasteiger partial charge is 0.396 e. The van der Waals surface area contributed by atoms with E-state index >= 15 is 0 Å². The Hall–Kier alpha value is -0.710. The molecule has 0 radical (unpaired) electrons. The topological polar surface area (TPSA) is 49.3 Å². The Kier molecular flexibility index (Phi) is 5.13. The molecule has 3 nitrogen and oxygen atoms in total. The van der Waals surface area contributed by atoms with Crippen LogP contribution in [0.5, 0.6) is 0 Å². The van der Waals surface area contributed by atoms with Crippen molar-refractivity contribution in [2.45, 2.75) is 18.6 Å². The zero-order chi connectivity index (χ0) is 13.7. The van der Waals surface area contributed by atoms with Crippen molar-refractivity contribution in [3.8, 4) is 0 Å². The highest BCUT2D eigenvalue weighted by atomic mass is 35.5. The van der Waals surface area contributed by atoms with Crippen LogP contribution in [0.1, 0.15) is 18.4 Å². The number of aliphatic hydroxyl groups excluding tert-OH is 1. The van der Waals surface area contributed by atoms with Gasteiger partial charge in [0.1, 0.15) is 0 Å². The molecule has 1 aromatic carbocycles. The van der Waals surface area contributed by atoms with E-state index < -0.39 is 0 Å². The predicted molar refractivity (Wildman–Crippen MR) is 79.4 cm³/mol. The Labute approximate surface area is 122 Å². The quantitative estimate of drug-likeness (QED) is 0.813. The summed E-state index contributed by atoms with van der Waals surface area (Å²) in [5.41, 5.74) is 1.15. The van der Waals surface area contributed by atoms with E-state index in [4.69, 9.17) is 16.7 Å². The van der Waals surface area contributed by atoms with E-state index in [-0.39, 0.29) is 17.9 Å². The summed E-state index contributed by atoms with van der Waals surface area (Å²) in [5, 5.41) is 12.8. The second-order valence-corrected chi connectivity index (χ2v) is 6.48. The third kappa shape index (κ3) is 4.71. The molecule has 104 valence electrons. The fraction of sp³-hybridized carbons (Fsp3) is 0.500. The molecule has 0 spiro atoms. The van der Waals surface area contributed by atoms with Crippen molar-refractivity contribution in [3.63, 3.8) is 0 Å². The molecule has 1 aliphatic rings. The van der Waals surface area contributed by atoms with Crippen molar-refractivity contribution in [3.05, 3.63) is 34.9 Å². The van der Waals surface area contributed by atoms with Gasteiger partial charge in [-0.1, -0.05) is 23.7 Å². The van der Waals surface area contributed by atoms with Gasteiger partial charge in [0.2, 0.25) is 5.91 Å². The number of rotatable bonds is 7. The van der Waals surface area contributed by atoms with E-state index in [1.807, 2.05) is 24.3 Å². The van der Waals surface area contributed by atoms with E-state index in [1.54, 1.807) is 11.8 Å². The maximum atomic E-state index is 11.6. The Morgan fingerprint density at radius 3 is 2.63 bits per heavy atom. The van der Waals surface area contributed by atoms with E-state index in [9.17, 15) is 4.79 Å². The van der Waals surface area contributed by atoms with Crippen LogP contribution in [0.2, 0.25) is 5.02 Å². The fourth-order valence-corrected chi connectivity index (χ4v) is 2.69. The van der Waals surface area contributed by atoms with Crippen LogP contribution in [0.25, 0.3) is 0 Å². The number of halogens is 1. The maximum absolute atomic E-state index is 11.6. The molecule has 0 aliphatic heterocycles. The number of hydrogen-bond acceptors (Lipinski definition) is 3. The van der Waals surface area contributed by atoms with Crippen LogP contribution >= 0.6 is 23.4 Å². The molecule has 1 fully saturated rings. The summed E-state index contributed by atoms with van der Waals surface area (Å²) >= 11 is 7.39. The first-order valence-corrected chi connectivity index (χ1v) is 7.87. The third-order valence-electron chi connectivity index (χ3n) is 3.37. The predicted octanol–water partition coefficient (Wildman–Crippen LogP) is 2.46. The van der Waals surface area contributed by atoms with Crippen LogP contribution in [-0.2, 0) is 10.5 Å². The minimum absolute atomic E-state index is 0.0174. The summed E-state index contributed by atoms with van der Waals surface area (Å²) in [5.74, 6) is 1.29. The van der Waals surface area contributed by atoms with E-state index in [0.717, 1.165) is 29.2 Å². The van der Waals surface area contributed by atoms with Gasteiger partial charge < -0.3 is 10.4 Å². The van der Waals surface area contributed by atoms with Crippen molar-refractivity contribution in [1.29, 1.82) is 0 Å². The first kappa shape index (κ1) is 14.7. The highest BCUT2D eigenvalue weighted by molar-refractivity contribution is 7.99. The second-order valence-electron chi connectivity index (χ2n) is 5.05. The standard InChI is InChI=1S/C14H18ClNO2S/c15-12-3-1-11(2-4-12)7-19-8-13(18)16-9-14(10-17)5-6-14/h1-4,17H,5-10H2,(H,16,18). The highest BCUT2D eigenvalue weighted by Gasteiger charge is 2.41. The number of benzene rings is 1. The van der Waals surface area contributed by atoms with Gasteiger partial charge in [-0.2, -0.15) is 0 Å². The number of nitrogens with one attached hydrogen (secondary N) is 1. The van der Waals surface area contributed by atoms with Crippen LogP contribution in [0.3, 0.4) is 0 Å². The molecule has 0 unspecified atom stereocenters. The SMILES string of the molecule is O=C(CSCc1ccc(Cl)cc1)NCC1(CO)CC1. The van der Waals surface area contributed by atoms with Gasteiger partial charge in [-0.15, -0.1) is 11.8 Å². The fourth-order valence-electron chi connectivity index (χ4n) is 1.75. The minimum Gasteiger partial charge on any atom is -0.396 e. The lowest BCUT2D eigenvalue weighted by atomic mass is 10.1. The summed E-state index contributed by atoms with van der Waals surface area (Å²) in [6, 6.07) is 7.65. The first-order chi connectivity index (χ1) is 9.13. The Morgan fingerprint density at radius 1 is 1.37 bits per heavy atom. The van der Waals surface area contributed by atoms with Gasteiger partial charge >= 0.3 is 0 Å². The van der Waals surface area contributed by atoms with E-state index in [2.05, 4.69) is 5.32 Å². The normalized spacial score (nSPS) is 16.1. The van der Waals surface area contributed by atoms with Crippen LogP contribution in [-0.4, -0.2) is 29.9 Å². The number of carbonyl (C=O) groups is 1. The lowest BCUT2D eigenvalue weighted by molar-refractivity contribution is -0.118.